The van der Waals surface area contributed by atoms with Gasteiger partial charge in [0.1, 0.15) is 0 Å². The van der Waals surface area contributed by atoms with Crippen LogP contribution in [0.2, 0.25) is 0 Å². The molecule has 2 aromatic carbocycles. The summed E-state index contributed by atoms with van der Waals surface area (Å²) in [5.74, 6) is 0. The van der Waals surface area contributed by atoms with Crippen molar-refractivity contribution in [2.45, 2.75) is 46.1 Å². The van der Waals surface area contributed by atoms with E-state index in [0.29, 0.717) is 6.04 Å². The molecule has 1 N–H and O–H groups in total. The summed E-state index contributed by atoms with van der Waals surface area (Å²) in [6.45, 7) is 6.56. The van der Waals surface area contributed by atoms with Gasteiger partial charge in [0.2, 0.25) is 0 Å². The third-order valence-electron chi connectivity index (χ3n) is 3.73. The monoisotopic (exact) mass is 267 g/mol. The molecule has 0 heterocycles. The average Bonchev–Trinajstić information content (AvgIpc) is 2.47. The molecule has 0 aromatic heterocycles. The van der Waals surface area contributed by atoms with Crippen LogP contribution in [0.1, 0.15) is 49.4 Å². The maximum absolute atomic E-state index is 3.56. The van der Waals surface area contributed by atoms with E-state index in [1.807, 2.05) is 0 Å². The first-order chi connectivity index (χ1) is 9.69. The Morgan fingerprint density at radius 3 is 2.20 bits per heavy atom. The fourth-order valence-corrected chi connectivity index (χ4v) is 2.34. The SMILES string of the molecule is CCCCc1ccc(N[C@H](C)c2ccc(C)cc2)cc1. The first-order valence-electron chi connectivity index (χ1n) is 7.61. The molecule has 2 aromatic rings. The molecule has 2 rings (SSSR count). The fraction of sp³-hybridized carbons (Fsp3) is 0.368. The molecule has 0 aliphatic rings. The molecule has 0 aliphatic heterocycles. The second-order valence-electron chi connectivity index (χ2n) is 5.58. The third-order valence-corrected chi connectivity index (χ3v) is 3.73. The van der Waals surface area contributed by atoms with E-state index >= 15 is 0 Å². The number of unbranched alkanes of at least 4 members (excludes halogenated alkanes) is 1. The maximum atomic E-state index is 3.56. The Hall–Kier alpha value is -1.76. The lowest BCUT2D eigenvalue weighted by molar-refractivity contribution is 0.795. The molecule has 0 saturated heterocycles. The molecule has 20 heavy (non-hydrogen) atoms. The van der Waals surface area contributed by atoms with Gasteiger partial charge >= 0.3 is 0 Å². The minimum absolute atomic E-state index is 0.331. The Morgan fingerprint density at radius 2 is 1.60 bits per heavy atom. The van der Waals surface area contributed by atoms with Crippen LogP contribution < -0.4 is 5.32 Å². The normalized spacial score (nSPS) is 12.2. The van der Waals surface area contributed by atoms with Crippen molar-refractivity contribution >= 4 is 5.69 Å². The molecule has 0 aliphatic carbocycles. The predicted molar refractivity (Wildman–Crippen MR) is 88.3 cm³/mol. The van der Waals surface area contributed by atoms with Crippen LogP contribution in [0.15, 0.2) is 48.5 Å². The van der Waals surface area contributed by atoms with Crippen molar-refractivity contribution in [1.29, 1.82) is 0 Å². The van der Waals surface area contributed by atoms with Gasteiger partial charge in [0.05, 0.1) is 0 Å². The second kappa shape index (κ2) is 7.14. The Kier molecular flexibility index (Phi) is 5.23. The smallest absolute Gasteiger partial charge is 0.0485 e. The zero-order valence-electron chi connectivity index (χ0n) is 12.8. The highest BCUT2D eigenvalue weighted by Gasteiger charge is 2.04. The van der Waals surface area contributed by atoms with E-state index in [1.165, 1.54) is 41.6 Å². The molecule has 1 heteroatoms. The number of hydrogen-bond acceptors (Lipinski definition) is 1. The Bertz CT molecular complexity index is 510. The van der Waals surface area contributed by atoms with Gasteiger partial charge in [-0.25, -0.2) is 0 Å². The van der Waals surface area contributed by atoms with Gasteiger partial charge in [-0.05, 0) is 49.9 Å². The molecule has 0 spiro atoms. The molecule has 0 amide bonds. The van der Waals surface area contributed by atoms with Crippen LogP contribution in [0, 0.1) is 6.92 Å². The van der Waals surface area contributed by atoms with Crippen LogP contribution in [0.25, 0.3) is 0 Å². The summed E-state index contributed by atoms with van der Waals surface area (Å²) in [5, 5.41) is 3.56. The van der Waals surface area contributed by atoms with Gasteiger partial charge in [0, 0.05) is 11.7 Å². The minimum atomic E-state index is 0.331. The molecular formula is C19H25N. The summed E-state index contributed by atoms with van der Waals surface area (Å²) in [6.07, 6.45) is 3.71. The van der Waals surface area contributed by atoms with Gasteiger partial charge < -0.3 is 5.32 Å². The quantitative estimate of drug-likeness (QED) is 0.727. The minimum Gasteiger partial charge on any atom is -0.379 e. The Morgan fingerprint density at radius 1 is 0.950 bits per heavy atom. The van der Waals surface area contributed by atoms with Crippen LogP contribution >= 0.6 is 0 Å². The van der Waals surface area contributed by atoms with Crippen molar-refractivity contribution in [3.63, 3.8) is 0 Å². The molecule has 0 saturated carbocycles. The van der Waals surface area contributed by atoms with Crippen molar-refractivity contribution in [3.8, 4) is 0 Å². The van der Waals surface area contributed by atoms with Crippen LogP contribution in [0.5, 0.6) is 0 Å². The first kappa shape index (κ1) is 14.6. The summed E-state index contributed by atoms with van der Waals surface area (Å²) in [5.41, 5.74) is 5.26. The number of aryl methyl sites for hydroxylation is 2. The molecule has 106 valence electrons. The summed E-state index contributed by atoms with van der Waals surface area (Å²) in [4.78, 5) is 0. The first-order valence-corrected chi connectivity index (χ1v) is 7.61. The van der Waals surface area contributed by atoms with Gasteiger partial charge in [-0.2, -0.15) is 0 Å². The van der Waals surface area contributed by atoms with Gasteiger partial charge in [0.25, 0.3) is 0 Å². The number of nitrogens with one attached hydrogen (secondary N) is 1. The van der Waals surface area contributed by atoms with E-state index in [1.54, 1.807) is 0 Å². The summed E-state index contributed by atoms with van der Waals surface area (Å²) in [7, 11) is 0. The van der Waals surface area contributed by atoms with E-state index in [-0.39, 0.29) is 0 Å². The van der Waals surface area contributed by atoms with Crippen LogP contribution in [0.3, 0.4) is 0 Å². The number of rotatable bonds is 6. The second-order valence-corrected chi connectivity index (χ2v) is 5.58. The Balaban J connectivity index is 1.97. The van der Waals surface area contributed by atoms with Gasteiger partial charge in [0.15, 0.2) is 0 Å². The lowest BCUT2D eigenvalue weighted by Gasteiger charge is -2.16. The van der Waals surface area contributed by atoms with E-state index in [0.717, 1.165) is 0 Å². The number of benzene rings is 2. The van der Waals surface area contributed by atoms with Crippen molar-refractivity contribution in [2.24, 2.45) is 0 Å². The lowest BCUT2D eigenvalue weighted by atomic mass is 10.1. The highest BCUT2D eigenvalue weighted by atomic mass is 14.9. The standard InChI is InChI=1S/C19H25N/c1-4-5-6-17-9-13-19(14-10-17)20-16(3)18-11-7-15(2)8-12-18/h7-14,16,20H,4-6H2,1-3H3/t16-/m1/s1. The summed E-state index contributed by atoms with van der Waals surface area (Å²) < 4.78 is 0. The molecular weight excluding hydrogens is 242 g/mol. The maximum Gasteiger partial charge on any atom is 0.0485 e. The summed E-state index contributed by atoms with van der Waals surface area (Å²) in [6, 6.07) is 17.9. The van der Waals surface area contributed by atoms with Crippen LogP contribution in [-0.2, 0) is 6.42 Å². The van der Waals surface area contributed by atoms with Crippen LogP contribution in [0.4, 0.5) is 5.69 Å². The van der Waals surface area contributed by atoms with Gasteiger partial charge in [-0.3, -0.25) is 0 Å². The number of anilines is 1. The van der Waals surface area contributed by atoms with Crippen molar-refractivity contribution in [2.75, 3.05) is 5.32 Å². The van der Waals surface area contributed by atoms with Crippen LogP contribution in [-0.4, -0.2) is 0 Å². The van der Waals surface area contributed by atoms with Gasteiger partial charge in [-0.15, -0.1) is 0 Å². The zero-order chi connectivity index (χ0) is 14.4. The molecule has 0 fully saturated rings. The third kappa shape index (κ3) is 4.12. The number of hydrogen-bond donors (Lipinski definition) is 1. The van der Waals surface area contributed by atoms with Gasteiger partial charge in [-0.1, -0.05) is 55.3 Å². The van der Waals surface area contributed by atoms with Crippen molar-refractivity contribution < 1.29 is 0 Å². The largest absolute Gasteiger partial charge is 0.379 e. The topological polar surface area (TPSA) is 12.0 Å². The van der Waals surface area contributed by atoms with E-state index in [2.05, 4.69) is 74.6 Å². The lowest BCUT2D eigenvalue weighted by Crippen LogP contribution is -2.06. The van der Waals surface area contributed by atoms with Crippen molar-refractivity contribution in [1.82, 2.24) is 0 Å². The average molecular weight is 267 g/mol. The fourth-order valence-electron chi connectivity index (χ4n) is 2.34. The summed E-state index contributed by atoms with van der Waals surface area (Å²) >= 11 is 0. The highest BCUT2D eigenvalue weighted by molar-refractivity contribution is 5.46. The van der Waals surface area contributed by atoms with E-state index in [4.69, 9.17) is 0 Å². The highest BCUT2D eigenvalue weighted by Crippen LogP contribution is 2.20. The molecule has 1 atom stereocenters. The molecule has 0 bridgehead atoms. The molecule has 1 nitrogen and oxygen atoms in total. The van der Waals surface area contributed by atoms with E-state index in [9.17, 15) is 0 Å². The Labute approximate surface area is 123 Å². The van der Waals surface area contributed by atoms with E-state index < -0.39 is 0 Å². The zero-order valence-corrected chi connectivity index (χ0v) is 12.8. The molecule has 0 unspecified atom stereocenters. The molecule has 0 radical (unpaired) electrons. The predicted octanol–water partition coefficient (Wildman–Crippen LogP) is 5.51. The van der Waals surface area contributed by atoms with Crippen molar-refractivity contribution in [3.05, 3.63) is 65.2 Å².